The lowest BCUT2D eigenvalue weighted by molar-refractivity contribution is -0.140. The van der Waals surface area contributed by atoms with Gasteiger partial charge in [-0.1, -0.05) is 36.7 Å². The van der Waals surface area contributed by atoms with Crippen molar-refractivity contribution >= 4 is 39.1 Å². The maximum atomic E-state index is 13.3. The van der Waals surface area contributed by atoms with E-state index in [0.717, 1.165) is 23.1 Å². The van der Waals surface area contributed by atoms with Gasteiger partial charge in [0.2, 0.25) is 21.8 Å². The first-order valence-corrected chi connectivity index (χ1v) is 14.0. The van der Waals surface area contributed by atoms with Crippen molar-refractivity contribution < 1.29 is 18.0 Å². The van der Waals surface area contributed by atoms with Gasteiger partial charge in [-0.05, 0) is 74.6 Å². The number of carbonyl (C=O) groups excluding carboxylic acids is 2. The molecule has 0 aromatic heterocycles. The minimum atomic E-state index is -3.53. The lowest BCUT2D eigenvalue weighted by atomic mass is 10.1. The predicted octanol–water partition coefficient (Wildman–Crippen LogP) is 4.45. The van der Waals surface area contributed by atoms with Crippen molar-refractivity contribution in [2.45, 2.75) is 59.5 Å². The minimum absolute atomic E-state index is 0.107. The van der Waals surface area contributed by atoms with Gasteiger partial charge in [0.1, 0.15) is 6.04 Å². The Balaban J connectivity index is 2.17. The summed E-state index contributed by atoms with van der Waals surface area (Å²) in [7, 11) is -3.53. The Morgan fingerprint density at radius 2 is 1.66 bits per heavy atom. The summed E-state index contributed by atoms with van der Waals surface area (Å²) in [6.07, 6.45) is 2.39. The maximum Gasteiger partial charge on any atom is 0.242 e. The monoisotopic (exact) mass is 521 g/mol. The number of nitrogens with zero attached hydrogens (tertiary/aromatic N) is 2. The van der Waals surface area contributed by atoms with Gasteiger partial charge < -0.3 is 10.2 Å². The van der Waals surface area contributed by atoms with Crippen molar-refractivity contribution in [3.63, 3.8) is 0 Å². The van der Waals surface area contributed by atoms with Crippen LogP contribution in [0, 0.1) is 13.8 Å². The summed E-state index contributed by atoms with van der Waals surface area (Å²) < 4.78 is 26.3. The number of rotatable bonds is 12. The van der Waals surface area contributed by atoms with Crippen molar-refractivity contribution in [2.75, 3.05) is 23.7 Å². The Hall–Kier alpha value is -2.58. The molecule has 0 aliphatic carbocycles. The van der Waals surface area contributed by atoms with Crippen LogP contribution in [0.5, 0.6) is 0 Å². The van der Waals surface area contributed by atoms with Crippen molar-refractivity contribution in [1.29, 1.82) is 0 Å². The molecule has 2 aromatic rings. The Kier molecular flexibility index (Phi) is 10.6. The lowest BCUT2D eigenvalue weighted by Crippen LogP contribution is -2.47. The van der Waals surface area contributed by atoms with Gasteiger partial charge in [-0.2, -0.15) is 0 Å². The fourth-order valence-corrected chi connectivity index (χ4v) is 4.94. The molecule has 0 aliphatic heterocycles. The van der Waals surface area contributed by atoms with Crippen LogP contribution in [0.2, 0.25) is 5.02 Å². The van der Waals surface area contributed by atoms with Crippen LogP contribution < -0.4 is 9.62 Å². The van der Waals surface area contributed by atoms with Gasteiger partial charge in [0.15, 0.2) is 0 Å². The third-order valence-corrected chi connectivity index (χ3v) is 7.08. The maximum absolute atomic E-state index is 13.3. The highest BCUT2D eigenvalue weighted by molar-refractivity contribution is 7.92. The number of carbonyl (C=O) groups is 2. The number of hydrogen-bond acceptors (Lipinski definition) is 4. The first kappa shape index (κ1) is 28.7. The number of amides is 2. The van der Waals surface area contributed by atoms with Gasteiger partial charge in [-0.15, -0.1) is 0 Å². The second kappa shape index (κ2) is 12.9. The van der Waals surface area contributed by atoms with E-state index in [1.165, 1.54) is 15.5 Å². The molecule has 0 radical (unpaired) electrons. The molecule has 0 fully saturated rings. The average molecular weight is 522 g/mol. The fraction of sp³-hybridized carbons (Fsp3) is 0.462. The first-order valence-electron chi connectivity index (χ1n) is 11.8. The number of aryl methyl sites for hydroxylation is 2. The molecular formula is C26H36ClN3O4S. The van der Waals surface area contributed by atoms with Crippen LogP contribution in [0.4, 0.5) is 5.69 Å². The third kappa shape index (κ3) is 8.85. The Bertz CT molecular complexity index is 1100. The molecular weight excluding hydrogens is 486 g/mol. The molecule has 7 nitrogen and oxygen atoms in total. The van der Waals surface area contributed by atoms with Crippen LogP contribution in [0.15, 0.2) is 42.5 Å². The second-order valence-electron chi connectivity index (χ2n) is 8.90. The highest BCUT2D eigenvalue weighted by Gasteiger charge is 2.26. The van der Waals surface area contributed by atoms with Gasteiger partial charge in [0, 0.05) is 31.1 Å². The number of nitrogens with one attached hydrogen (secondary N) is 1. The number of benzene rings is 2. The van der Waals surface area contributed by atoms with E-state index < -0.39 is 16.1 Å². The van der Waals surface area contributed by atoms with E-state index in [4.69, 9.17) is 11.6 Å². The molecule has 0 aliphatic rings. The first-order chi connectivity index (χ1) is 16.4. The summed E-state index contributed by atoms with van der Waals surface area (Å²) in [5.74, 6) is -0.435. The molecule has 1 N–H and O–H groups in total. The molecule has 0 heterocycles. The molecule has 2 rings (SSSR count). The number of sulfonamides is 1. The average Bonchev–Trinajstić information content (AvgIpc) is 2.77. The molecule has 9 heteroatoms. The fourth-order valence-electron chi connectivity index (χ4n) is 3.86. The molecule has 0 saturated carbocycles. The van der Waals surface area contributed by atoms with E-state index in [9.17, 15) is 18.0 Å². The van der Waals surface area contributed by atoms with E-state index in [1.807, 2.05) is 51.1 Å². The van der Waals surface area contributed by atoms with Gasteiger partial charge in [-0.3, -0.25) is 13.9 Å². The topological polar surface area (TPSA) is 86.8 Å². The van der Waals surface area contributed by atoms with E-state index in [-0.39, 0.29) is 31.3 Å². The van der Waals surface area contributed by atoms with Crippen LogP contribution in [0.1, 0.15) is 49.8 Å². The van der Waals surface area contributed by atoms with Gasteiger partial charge in [-0.25, -0.2) is 8.42 Å². The lowest BCUT2D eigenvalue weighted by Gasteiger charge is -2.29. The summed E-state index contributed by atoms with van der Waals surface area (Å²) in [5, 5.41) is 3.44. The summed E-state index contributed by atoms with van der Waals surface area (Å²) in [5.41, 5.74) is 3.37. The normalized spacial score (nSPS) is 12.2. The SMILES string of the molecule is CCCNC(=O)[C@H](C)N(Cc1ccc(Cl)cc1)C(=O)CCCN(c1cc(C)cc(C)c1)S(C)(=O)=O. The number of halogens is 1. The molecule has 0 saturated heterocycles. The highest BCUT2D eigenvalue weighted by atomic mass is 35.5. The summed E-state index contributed by atoms with van der Waals surface area (Å²) in [4.78, 5) is 27.4. The number of hydrogen-bond donors (Lipinski definition) is 1. The Labute approximate surface area is 214 Å². The van der Waals surface area contributed by atoms with Crippen molar-refractivity contribution in [1.82, 2.24) is 10.2 Å². The minimum Gasteiger partial charge on any atom is -0.354 e. The zero-order valence-corrected chi connectivity index (χ0v) is 22.7. The molecule has 0 spiro atoms. The van der Waals surface area contributed by atoms with Gasteiger partial charge >= 0.3 is 0 Å². The highest BCUT2D eigenvalue weighted by Crippen LogP contribution is 2.22. The van der Waals surface area contributed by atoms with E-state index in [1.54, 1.807) is 19.1 Å². The smallest absolute Gasteiger partial charge is 0.242 e. The van der Waals surface area contributed by atoms with Gasteiger partial charge in [0.25, 0.3) is 0 Å². The summed E-state index contributed by atoms with van der Waals surface area (Å²) in [6, 6.07) is 12.1. The predicted molar refractivity (Wildman–Crippen MR) is 142 cm³/mol. The van der Waals surface area contributed by atoms with Crippen LogP contribution in [-0.4, -0.2) is 50.5 Å². The van der Waals surface area contributed by atoms with E-state index in [0.29, 0.717) is 23.7 Å². The van der Waals surface area contributed by atoms with Crippen LogP contribution in [0.3, 0.4) is 0 Å². The van der Waals surface area contributed by atoms with E-state index >= 15 is 0 Å². The molecule has 0 bridgehead atoms. The molecule has 2 aromatic carbocycles. The van der Waals surface area contributed by atoms with Crippen molar-refractivity contribution in [3.05, 3.63) is 64.2 Å². The Morgan fingerprint density at radius 3 is 2.20 bits per heavy atom. The zero-order valence-electron chi connectivity index (χ0n) is 21.2. The standard InChI is InChI=1S/C26H36ClN3O4S/c1-6-13-28-26(32)21(4)29(18-22-9-11-23(27)12-10-22)25(31)8-7-14-30(35(5,33)34)24-16-19(2)15-20(3)17-24/h9-12,15-17,21H,6-8,13-14,18H2,1-5H3,(H,28,32)/t21-/m0/s1. The molecule has 0 unspecified atom stereocenters. The molecule has 2 amide bonds. The quantitative estimate of drug-likeness (QED) is 0.447. The zero-order chi connectivity index (χ0) is 26.2. The summed E-state index contributed by atoms with van der Waals surface area (Å²) >= 11 is 5.99. The molecule has 1 atom stereocenters. The van der Waals surface area contributed by atoms with Crippen molar-refractivity contribution in [2.24, 2.45) is 0 Å². The van der Waals surface area contributed by atoms with Crippen LogP contribution >= 0.6 is 11.6 Å². The second-order valence-corrected chi connectivity index (χ2v) is 11.2. The number of anilines is 1. The molecule has 192 valence electrons. The van der Waals surface area contributed by atoms with Crippen LogP contribution in [0.25, 0.3) is 0 Å². The van der Waals surface area contributed by atoms with Crippen LogP contribution in [-0.2, 0) is 26.2 Å². The largest absolute Gasteiger partial charge is 0.354 e. The molecule has 35 heavy (non-hydrogen) atoms. The van der Waals surface area contributed by atoms with Gasteiger partial charge in [0.05, 0.1) is 11.9 Å². The Morgan fingerprint density at radius 1 is 1.06 bits per heavy atom. The van der Waals surface area contributed by atoms with E-state index in [2.05, 4.69) is 5.32 Å². The summed E-state index contributed by atoms with van der Waals surface area (Å²) in [6.45, 7) is 8.45. The van der Waals surface area contributed by atoms with Crippen molar-refractivity contribution in [3.8, 4) is 0 Å². The third-order valence-electron chi connectivity index (χ3n) is 5.63.